The maximum Gasteiger partial charge on any atom is 0.254 e. The van der Waals surface area contributed by atoms with Crippen LogP contribution in [0.5, 0.6) is 0 Å². The number of hydrogen-bond donors (Lipinski definition) is 0. The molecule has 7 heteroatoms. The molecule has 0 atom stereocenters. The van der Waals surface area contributed by atoms with Gasteiger partial charge in [0.15, 0.2) is 11.6 Å². The molecule has 1 aliphatic heterocycles. The highest BCUT2D eigenvalue weighted by Gasteiger charge is 2.25. The monoisotopic (exact) mass is 393 g/mol. The summed E-state index contributed by atoms with van der Waals surface area (Å²) in [5.74, 6) is -1.55. The predicted octanol–water partition coefficient (Wildman–Crippen LogP) is 2.76. The molecule has 3 rings (SSSR count). The number of rotatable bonds is 5. The molecule has 28 heavy (non-hydrogen) atoms. The first-order valence-corrected chi connectivity index (χ1v) is 10.1. The van der Waals surface area contributed by atoms with Crippen molar-refractivity contribution in [3.05, 3.63) is 35.4 Å². The summed E-state index contributed by atoms with van der Waals surface area (Å²) in [6.45, 7) is 3.32. The molecule has 1 saturated carbocycles. The summed E-state index contributed by atoms with van der Waals surface area (Å²) < 4.78 is 26.4. The first-order chi connectivity index (χ1) is 13.4. The Balaban J connectivity index is 1.44. The van der Waals surface area contributed by atoms with Gasteiger partial charge in [0.2, 0.25) is 5.91 Å². The second-order valence-electron chi connectivity index (χ2n) is 7.98. The van der Waals surface area contributed by atoms with Crippen LogP contribution in [0.4, 0.5) is 8.78 Å². The Morgan fingerprint density at radius 1 is 1.04 bits per heavy atom. The third-order valence-electron chi connectivity index (χ3n) is 5.87. The molecule has 0 N–H and O–H groups in total. The predicted molar refractivity (Wildman–Crippen MR) is 103 cm³/mol. The van der Waals surface area contributed by atoms with Crippen LogP contribution in [0.3, 0.4) is 0 Å². The molecule has 2 amide bonds. The van der Waals surface area contributed by atoms with E-state index >= 15 is 0 Å². The van der Waals surface area contributed by atoms with E-state index in [4.69, 9.17) is 0 Å². The fraction of sp³-hybridized carbons (Fsp3) is 0.619. The maximum absolute atomic E-state index is 13.4. The van der Waals surface area contributed by atoms with E-state index in [9.17, 15) is 18.4 Å². The largest absolute Gasteiger partial charge is 0.344 e. The molecule has 2 fully saturated rings. The highest BCUT2D eigenvalue weighted by Crippen LogP contribution is 2.24. The fourth-order valence-electron chi connectivity index (χ4n) is 4.09. The number of hydrogen-bond acceptors (Lipinski definition) is 3. The Morgan fingerprint density at radius 3 is 2.36 bits per heavy atom. The second-order valence-corrected chi connectivity index (χ2v) is 7.98. The standard InChI is InChI=1S/C21H29F2N3O2/c1-24(14-16-5-3-2-4-6-16)20(27)15-25-9-11-26(12-10-25)21(28)17-7-8-18(22)19(23)13-17/h7-8,13,16H,2-6,9-12,14-15H2,1H3. The number of nitrogens with zero attached hydrogens (tertiary/aromatic N) is 3. The van der Waals surface area contributed by atoms with Crippen LogP contribution in [-0.4, -0.2) is 72.8 Å². The van der Waals surface area contributed by atoms with Gasteiger partial charge in [-0.2, -0.15) is 0 Å². The molecule has 1 aromatic rings. The Kier molecular flexibility index (Phi) is 6.99. The van der Waals surface area contributed by atoms with Crippen LogP contribution in [0.2, 0.25) is 0 Å². The lowest BCUT2D eigenvalue weighted by molar-refractivity contribution is -0.132. The highest BCUT2D eigenvalue weighted by atomic mass is 19.2. The van der Waals surface area contributed by atoms with Gasteiger partial charge in [-0.1, -0.05) is 19.3 Å². The first kappa shape index (κ1) is 20.7. The third-order valence-corrected chi connectivity index (χ3v) is 5.87. The lowest BCUT2D eigenvalue weighted by Crippen LogP contribution is -2.51. The second kappa shape index (κ2) is 9.45. The van der Waals surface area contributed by atoms with Crippen molar-refractivity contribution in [2.75, 3.05) is 46.3 Å². The molecular weight excluding hydrogens is 364 g/mol. The van der Waals surface area contributed by atoms with E-state index in [-0.39, 0.29) is 17.4 Å². The zero-order chi connectivity index (χ0) is 20.1. The normalized spacial score (nSPS) is 18.9. The van der Waals surface area contributed by atoms with Crippen molar-refractivity contribution in [3.8, 4) is 0 Å². The smallest absolute Gasteiger partial charge is 0.254 e. The van der Waals surface area contributed by atoms with Gasteiger partial charge in [-0.15, -0.1) is 0 Å². The fourth-order valence-corrected chi connectivity index (χ4v) is 4.09. The summed E-state index contributed by atoms with van der Waals surface area (Å²) in [7, 11) is 1.87. The van der Waals surface area contributed by atoms with E-state index in [0.717, 1.165) is 18.7 Å². The summed E-state index contributed by atoms with van der Waals surface area (Å²) in [5, 5.41) is 0. The molecule has 1 heterocycles. The topological polar surface area (TPSA) is 43.9 Å². The Morgan fingerprint density at radius 2 is 1.71 bits per heavy atom. The van der Waals surface area contributed by atoms with Crippen LogP contribution >= 0.6 is 0 Å². The number of benzene rings is 1. The molecule has 0 unspecified atom stereocenters. The summed E-state index contributed by atoms with van der Waals surface area (Å²) in [6, 6.07) is 3.21. The van der Waals surface area contributed by atoms with Crippen molar-refractivity contribution in [2.24, 2.45) is 5.92 Å². The highest BCUT2D eigenvalue weighted by molar-refractivity contribution is 5.94. The first-order valence-electron chi connectivity index (χ1n) is 10.1. The van der Waals surface area contributed by atoms with Gasteiger partial charge in [0.25, 0.3) is 5.91 Å². The lowest BCUT2D eigenvalue weighted by atomic mass is 9.89. The van der Waals surface area contributed by atoms with Gasteiger partial charge in [0, 0.05) is 45.3 Å². The van der Waals surface area contributed by atoms with Gasteiger partial charge in [-0.25, -0.2) is 8.78 Å². The Hall–Kier alpha value is -2.02. The molecule has 1 saturated heterocycles. The molecule has 5 nitrogen and oxygen atoms in total. The van der Waals surface area contributed by atoms with Gasteiger partial charge in [-0.05, 0) is 37.0 Å². The van der Waals surface area contributed by atoms with Crippen molar-refractivity contribution in [1.29, 1.82) is 0 Å². The molecular formula is C21H29F2N3O2. The van der Waals surface area contributed by atoms with Crippen molar-refractivity contribution in [1.82, 2.24) is 14.7 Å². The molecule has 154 valence electrons. The molecule has 0 aromatic heterocycles. The number of carbonyl (C=O) groups excluding carboxylic acids is 2. The van der Waals surface area contributed by atoms with Crippen molar-refractivity contribution in [3.63, 3.8) is 0 Å². The van der Waals surface area contributed by atoms with E-state index in [0.29, 0.717) is 38.6 Å². The van der Waals surface area contributed by atoms with E-state index < -0.39 is 11.6 Å². The van der Waals surface area contributed by atoms with Gasteiger partial charge in [0.05, 0.1) is 6.54 Å². The van der Waals surface area contributed by atoms with Crippen LogP contribution < -0.4 is 0 Å². The van der Waals surface area contributed by atoms with Crippen LogP contribution in [0.1, 0.15) is 42.5 Å². The Bertz CT molecular complexity index is 699. The van der Waals surface area contributed by atoms with E-state index in [1.807, 2.05) is 11.9 Å². The van der Waals surface area contributed by atoms with E-state index in [1.54, 1.807) is 4.90 Å². The summed E-state index contributed by atoms with van der Waals surface area (Å²) in [5.41, 5.74) is 0.149. The number of carbonyl (C=O) groups is 2. The van der Waals surface area contributed by atoms with Crippen LogP contribution in [0.15, 0.2) is 18.2 Å². The third kappa shape index (κ3) is 5.28. The quantitative estimate of drug-likeness (QED) is 0.773. The number of piperazine rings is 1. The molecule has 1 aromatic carbocycles. The van der Waals surface area contributed by atoms with Crippen molar-refractivity contribution in [2.45, 2.75) is 32.1 Å². The molecule has 1 aliphatic carbocycles. The zero-order valence-electron chi connectivity index (χ0n) is 16.5. The molecule has 0 spiro atoms. The van der Waals surface area contributed by atoms with Crippen molar-refractivity contribution < 1.29 is 18.4 Å². The number of likely N-dealkylation sites (N-methyl/N-ethyl adjacent to an activating group) is 1. The van der Waals surface area contributed by atoms with Crippen LogP contribution in [-0.2, 0) is 4.79 Å². The summed E-state index contributed by atoms with van der Waals surface area (Å²) >= 11 is 0. The maximum atomic E-state index is 13.4. The lowest BCUT2D eigenvalue weighted by Gasteiger charge is -2.35. The van der Waals surface area contributed by atoms with E-state index in [2.05, 4.69) is 4.90 Å². The Labute approximate surface area is 165 Å². The molecule has 0 radical (unpaired) electrons. The average Bonchev–Trinajstić information content (AvgIpc) is 2.71. The van der Waals surface area contributed by atoms with Gasteiger partial charge >= 0.3 is 0 Å². The van der Waals surface area contributed by atoms with Crippen molar-refractivity contribution >= 4 is 11.8 Å². The number of amides is 2. The minimum absolute atomic E-state index is 0.117. The minimum Gasteiger partial charge on any atom is -0.344 e. The van der Waals surface area contributed by atoms with Crippen LogP contribution in [0.25, 0.3) is 0 Å². The van der Waals surface area contributed by atoms with Gasteiger partial charge < -0.3 is 9.80 Å². The SMILES string of the molecule is CN(CC1CCCCC1)C(=O)CN1CCN(C(=O)c2ccc(F)c(F)c2)CC1. The summed E-state index contributed by atoms with van der Waals surface area (Å²) in [6.07, 6.45) is 6.26. The van der Waals surface area contributed by atoms with E-state index in [1.165, 1.54) is 38.2 Å². The zero-order valence-corrected chi connectivity index (χ0v) is 16.5. The minimum atomic E-state index is -1.02. The molecule has 0 bridgehead atoms. The average molecular weight is 393 g/mol. The van der Waals surface area contributed by atoms with Crippen LogP contribution in [0, 0.1) is 17.6 Å². The summed E-state index contributed by atoms with van der Waals surface area (Å²) in [4.78, 5) is 30.5. The molecule has 2 aliphatic rings. The number of halogens is 2. The van der Waals surface area contributed by atoms with Gasteiger partial charge in [-0.3, -0.25) is 14.5 Å². The van der Waals surface area contributed by atoms with Gasteiger partial charge in [0.1, 0.15) is 0 Å².